The second-order valence-electron chi connectivity index (χ2n) is 4.97. The highest BCUT2D eigenvalue weighted by Gasteiger charge is 2.17. The summed E-state index contributed by atoms with van der Waals surface area (Å²) >= 11 is 1.99. The van der Waals surface area contributed by atoms with Crippen molar-refractivity contribution in [2.45, 2.75) is 38.4 Å². The van der Waals surface area contributed by atoms with E-state index in [9.17, 15) is 5.11 Å². The van der Waals surface area contributed by atoms with E-state index in [-0.39, 0.29) is 6.10 Å². The molecule has 0 aliphatic carbocycles. The number of aliphatic hydroxyl groups is 1. The Morgan fingerprint density at radius 3 is 2.68 bits per heavy atom. The molecule has 1 aliphatic heterocycles. The molecule has 4 heteroatoms. The molecule has 1 N–H and O–H groups in total. The summed E-state index contributed by atoms with van der Waals surface area (Å²) in [7, 11) is 1.66. The van der Waals surface area contributed by atoms with E-state index in [1.165, 1.54) is 11.5 Å². The summed E-state index contributed by atoms with van der Waals surface area (Å²) < 4.78 is 11.4. The number of rotatable bonds is 5. The lowest BCUT2D eigenvalue weighted by Crippen LogP contribution is -2.22. The van der Waals surface area contributed by atoms with Crippen molar-refractivity contribution in [3.05, 3.63) is 23.8 Å². The van der Waals surface area contributed by atoms with Crippen molar-refractivity contribution in [3.8, 4) is 11.5 Å². The van der Waals surface area contributed by atoms with Crippen molar-refractivity contribution in [2.75, 3.05) is 18.6 Å². The zero-order valence-electron chi connectivity index (χ0n) is 11.6. The molecule has 2 rings (SSSR count). The molecule has 0 bridgehead atoms. The normalized spacial score (nSPS) is 18.1. The van der Waals surface area contributed by atoms with E-state index in [0.717, 1.165) is 29.9 Å². The maximum Gasteiger partial charge on any atom is 0.161 e. The van der Waals surface area contributed by atoms with Gasteiger partial charge < -0.3 is 14.6 Å². The van der Waals surface area contributed by atoms with Crippen LogP contribution in [0.1, 0.15) is 25.3 Å². The van der Waals surface area contributed by atoms with Crippen molar-refractivity contribution < 1.29 is 14.6 Å². The SMILES string of the molecule is COc1cc(CC(C)O)ccc1OC1CCSCC1. The highest BCUT2D eigenvalue weighted by molar-refractivity contribution is 7.99. The lowest BCUT2D eigenvalue weighted by molar-refractivity contribution is 0.183. The minimum absolute atomic E-state index is 0.303. The molecule has 0 radical (unpaired) electrons. The first kappa shape index (κ1) is 14.5. The van der Waals surface area contributed by atoms with E-state index in [1.54, 1.807) is 14.0 Å². The summed E-state index contributed by atoms with van der Waals surface area (Å²) in [6.07, 6.45) is 2.80. The number of benzene rings is 1. The van der Waals surface area contributed by atoms with Crippen LogP contribution < -0.4 is 9.47 Å². The van der Waals surface area contributed by atoms with Gasteiger partial charge >= 0.3 is 0 Å². The van der Waals surface area contributed by atoms with Crippen LogP contribution in [0.25, 0.3) is 0 Å². The van der Waals surface area contributed by atoms with E-state index in [2.05, 4.69) is 0 Å². The average Bonchev–Trinajstić information content (AvgIpc) is 2.41. The summed E-state index contributed by atoms with van der Waals surface area (Å²) in [6, 6.07) is 5.92. The Balaban J connectivity index is 2.06. The third-order valence-corrected chi connectivity index (χ3v) is 4.27. The number of hydrogen-bond acceptors (Lipinski definition) is 4. The average molecular weight is 282 g/mol. The van der Waals surface area contributed by atoms with Crippen LogP contribution in [0.5, 0.6) is 11.5 Å². The summed E-state index contributed by atoms with van der Waals surface area (Å²) in [5.41, 5.74) is 1.07. The van der Waals surface area contributed by atoms with Gasteiger partial charge in [0.25, 0.3) is 0 Å². The smallest absolute Gasteiger partial charge is 0.161 e. The van der Waals surface area contributed by atoms with Crippen molar-refractivity contribution in [1.29, 1.82) is 0 Å². The fraction of sp³-hybridized carbons (Fsp3) is 0.600. The number of thioether (sulfide) groups is 1. The van der Waals surface area contributed by atoms with Crippen molar-refractivity contribution in [3.63, 3.8) is 0 Å². The largest absolute Gasteiger partial charge is 0.493 e. The van der Waals surface area contributed by atoms with Crippen molar-refractivity contribution in [2.24, 2.45) is 0 Å². The predicted molar refractivity (Wildman–Crippen MR) is 79.4 cm³/mol. The molecule has 3 nitrogen and oxygen atoms in total. The first-order valence-corrected chi connectivity index (χ1v) is 7.94. The minimum atomic E-state index is -0.341. The Morgan fingerprint density at radius 1 is 1.32 bits per heavy atom. The molecular weight excluding hydrogens is 260 g/mol. The molecule has 19 heavy (non-hydrogen) atoms. The van der Waals surface area contributed by atoms with Gasteiger partial charge in [0.2, 0.25) is 0 Å². The Kier molecular flexibility index (Phi) is 5.40. The molecule has 0 amide bonds. The van der Waals surface area contributed by atoms with E-state index < -0.39 is 0 Å². The lowest BCUT2D eigenvalue weighted by Gasteiger charge is -2.24. The maximum absolute atomic E-state index is 9.43. The molecule has 0 spiro atoms. The fourth-order valence-electron chi connectivity index (χ4n) is 2.25. The molecule has 1 fully saturated rings. The van der Waals surface area contributed by atoms with Gasteiger partial charge in [-0.2, -0.15) is 11.8 Å². The summed E-state index contributed by atoms with van der Waals surface area (Å²) in [6.45, 7) is 1.79. The van der Waals surface area contributed by atoms with Gasteiger partial charge in [0.1, 0.15) is 6.10 Å². The van der Waals surface area contributed by atoms with Crippen LogP contribution in [-0.4, -0.2) is 35.9 Å². The summed E-state index contributed by atoms with van der Waals surface area (Å²) in [5.74, 6) is 3.92. The van der Waals surface area contributed by atoms with Crippen LogP contribution in [0, 0.1) is 0 Å². The lowest BCUT2D eigenvalue weighted by atomic mass is 10.1. The molecule has 0 saturated carbocycles. The van der Waals surface area contributed by atoms with Gasteiger partial charge in [0, 0.05) is 0 Å². The highest BCUT2D eigenvalue weighted by Crippen LogP contribution is 2.31. The molecule has 1 aromatic carbocycles. The van der Waals surface area contributed by atoms with Crippen molar-refractivity contribution >= 4 is 11.8 Å². The van der Waals surface area contributed by atoms with E-state index in [4.69, 9.17) is 9.47 Å². The van der Waals surface area contributed by atoms with Gasteiger partial charge in [-0.3, -0.25) is 0 Å². The van der Waals surface area contributed by atoms with Crippen LogP contribution in [0.15, 0.2) is 18.2 Å². The third-order valence-electron chi connectivity index (χ3n) is 3.22. The monoisotopic (exact) mass is 282 g/mol. The van der Waals surface area contributed by atoms with Gasteiger partial charge in [-0.05, 0) is 55.4 Å². The zero-order chi connectivity index (χ0) is 13.7. The van der Waals surface area contributed by atoms with Gasteiger partial charge in [0.05, 0.1) is 13.2 Å². The van der Waals surface area contributed by atoms with E-state index in [1.807, 2.05) is 30.0 Å². The highest BCUT2D eigenvalue weighted by atomic mass is 32.2. The standard InChI is InChI=1S/C15H22O3S/c1-11(16)9-12-3-4-14(15(10-12)17-2)18-13-5-7-19-8-6-13/h3-4,10-11,13,16H,5-9H2,1-2H3. The maximum atomic E-state index is 9.43. The van der Waals surface area contributed by atoms with Crippen LogP contribution in [0.3, 0.4) is 0 Å². The Hall–Kier alpha value is -0.870. The quantitative estimate of drug-likeness (QED) is 0.901. The number of hydrogen-bond donors (Lipinski definition) is 1. The van der Waals surface area contributed by atoms with Crippen molar-refractivity contribution in [1.82, 2.24) is 0 Å². The minimum Gasteiger partial charge on any atom is -0.493 e. The molecular formula is C15H22O3S. The molecule has 106 valence electrons. The van der Waals surface area contributed by atoms with Crippen LogP contribution in [0.4, 0.5) is 0 Å². The molecule has 0 aromatic heterocycles. The second kappa shape index (κ2) is 7.06. The molecule has 1 unspecified atom stereocenters. The topological polar surface area (TPSA) is 38.7 Å². The van der Waals surface area contributed by atoms with Crippen LogP contribution in [-0.2, 0) is 6.42 Å². The second-order valence-corrected chi connectivity index (χ2v) is 6.19. The summed E-state index contributed by atoms with van der Waals surface area (Å²) in [5, 5.41) is 9.43. The molecule has 1 heterocycles. The predicted octanol–water partition coefficient (Wildman–Crippen LogP) is 2.89. The van der Waals surface area contributed by atoms with Gasteiger partial charge in [-0.25, -0.2) is 0 Å². The number of methoxy groups -OCH3 is 1. The first-order valence-electron chi connectivity index (χ1n) is 6.78. The van der Waals surface area contributed by atoms with Gasteiger partial charge in [-0.1, -0.05) is 6.07 Å². The Morgan fingerprint density at radius 2 is 2.05 bits per heavy atom. The fourth-order valence-corrected chi connectivity index (χ4v) is 3.31. The van der Waals surface area contributed by atoms with E-state index >= 15 is 0 Å². The van der Waals surface area contributed by atoms with Crippen LogP contribution in [0.2, 0.25) is 0 Å². The molecule has 1 atom stereocenters. The first-order chi connectivity index (χ1) is 9.19. The van der Waals surface area contributed by atoms with Gasteiger partial charge in [0.15, 0.2) is 11.5 Å². The Bertz CT molecular complexity index is 400. The summed E-state index contributed by atoms with van der Waals surface area (Å²) in [4.78, 5) is 0. The molecule has 1 saturated heterocycles. The number of ether oxygens (including phenoxy) is 2. The third kappa shape index (κ3) is 4.32. The van der Waals surface area contributed by atoms with Gasteiger partial charge in [-0.15, -0.1) is 0 Å². The van der Waals surface area contributed by atoms with E-state index in [0.29, 0.717) is 12.5 Å². The number of aliphatic hydroxyl groups excluding tert-OH is 1. The zero-order valence-corrected chi connectivity index (χ0v) is 12.4. The van der Waals surface area contributed by atoms with Crippen LogP contribution >= 0.6 is 11.8 Å². The Labute approximate surface area is 119 Å². The molecule has 1 aliphatic rings. The molecule has 1 aromatic rings.